The minimum absolute atomic E-state index is 0. The van der Waals surface area contributed by atoms with Crippen LogP contribution in [0, 0.1) is 17.6 Å². The van der Waals surface area contributed by atoms with Crippen molar-refractivity contribution in [1.29, 1.82) is 0 Å². The Hall–Kier alpha value is -1.49. The quantitative estimate of drug-likeness (QED) is 0.207. The zero-order chi connectivity index (χ0) is 21.2. The van der Waals surface area contributed by atoms with Crippen LogP contribution in [0.2, 0.25) is 0 Å². The number of aliphatic imine (C=N–C) groups is 1. The van der Waals surface area contributed by atoms with Crippen LogP contribution in [-0.4, -0.2) is 55.5 Å². The Kier molecular flexibility index (Phi) is 12.2. The Labute approximate surface area is 195 Å². The summed E-state index contributed by atoms with van der Waals surface area (Å²) in [5, 5.41) is 9.56. The molecule has 2 rings (SSSR count). The van der Waals surface area contributed by atoms with E-state index in [9.17, 15) is 13.6 Å². The van der Waals surface area contributed by atoms with Gasteiger partial charge in [0.2, 0.25) is 5.91 Å². The number of piperidine rings is 1. The van der Waals surface area contributed by atoms with E-state index in [1.165, 1.54) is 12.1 Å². The van der Waals surface area contributed by atoms with Crippen LogP contribution in [0.4, 0.5) is 8.78 Å². The zero-order valence-corrected chi connectivity index (χ0v) is 20.3. The molecule has 0 unspecified atom stereocenters. The highest BCUT2D eigenvalue weighted by Gasteiger charge is 2.20. The van der Waals surface area contributed by atoms with Gasteiger partial charge in [-0.3, -0.25) is 14.7 Å². The molecule has 30 heavy (non-hydrogen) atoms. The lowest BCUT2D eigenvalue weighted by molar-refractivity contribution is -0.123. The molecule has 0 saturated carbocycles. The molecule has 1 aromatic carbocycles. The molecule has 0 aromatic heterocycles. The van der Waals surface area contributed by atoms with Gasteiger partial charge in [-0.05, 0) is 37.5 Å². The molecule has 1 saturated heterocycles. The maximum absolute atomic E-state index is 13.4. The van der Waals surface area contributed by atoms with E-state index in [-0.39, 0.29) is 35.8 Å². The molecule has 0 radical (unpaired) electrons. The summed E-state index contributed by atoms with van der Waals surface area (Å²) in [6.45, 7) is 9.91. The molecule has 1 amide bonds. The predicted molar refractivity (Wildman–Crippen MR) is 127 cm³/mol. The summed E-state index contributed by atoms with van der Waals surface area (Å²) in [4.78, 5) is 18.4. The first-order valence-electron chi connectivity index (χ1n) is 10.4. The van der Waals surface area contributed by atoms with Gasteiger partial charge in [0, 0.05) is 44.7 Å². The number of hydrogen-bond acceptors (Lipinski definition) is 3. The van der Waals surface area contributed by atoms with Gasteiger partial charge in [-0.2, -0.15) is 0 Å². The first-order chi connectivity index (χ1) is 13.9. The summed E-state index contributed by atoms with van der Waals surface area (Å²) in [6, 6.07) is 4.39. The van der Waals surface area contributed by atoms with E-state index >= 15 is 0 Å². The maximum atomic E-state index is 13.4. The van der Waals surface area contributed by atoms with E-state index in [1.807, 2.05) is 20.8 Å². The highest BCUT2D eigenvalue weighted by Crippen LogP contribution is 2.15. The van der Waals surface area contributed by atoms with Crippen molar-refractivity contribution >= 4 is 35.8 Å². The van der Waals surface area contributed by atoms with Crippen LogP contribution in [0.1, 0.15) is 39.2 Å². The SMILES string of the molecule is CCNC(=NCCNC(=O)C(C)C)NC1CCN(Cc2ccc(F)c(F)c2)CC1.I. The van der Waals surface area contributed by atoms with Crippen LogP contribution in [0.25, 0.3) is 0 Å². The van der Waals surface area contributed by atoms with Crippen molar-refractivity contribution in [3.05, 3.63) is 35.4 Å². The first kappa shape index (κ1) is 26.5. The van der Waals surface area contributed by atoms with E-state index in [2.05, 4.69) is 25.8 Å². The predicted octanol–water partition coefficient (Wildman–Crippen LogP) is 2.87. The number of carbonyl (C=O) groups excluding carboxylic acids is 1. The third kappa shape index (κ3) is 9.11. The molecule has 0 bridgehead atoms. The molecule has 1 aromatic rings. The number of guanidine groups is 1. The number of hydrogen-bond donors (Lipinski definition) is 3. The highest BCUT2D eigenvalue weighted by molar-refractivity contribution is 14.0. The van der Waals surface area contributed by atoms with Gasteiger partial charge >= 0.3 is 0 Å². The van der Waals surface area contributed by atoms with Gasteiger partial charge in [0.15, 0.2) is 17.6 Å². The lowest BCUT2D eigenvalue weighted by Gasteiger charge is -2.33. The van der Waals surface area contributed by atoms with Gasteiger partial charge in [0.25, 0.3) is 0 Å². The number of benzene rings is 1. The average molecular weight is 537 g/mol. The Morgan fingerprint density at radius 2 is 1.90 bits per heavy atom. The van der Waals surface area contributed by atoms with Crippen molar-refractivity contribution in [2.45, 2.75) is 46.2 Å². The van der Waals surface area contributed by atoms with E-state index in [4.69, 9.17) is 0 Å². The Bertz CT molecular complexity index is 694. The molecule has 170 valence electrons. The summed E-state index contributed by atoms with van der Waals surface area (Å²) < 4.78 is 26.4. The van der Waals surface area contributed by atoms with Crippen LogP contribution in [0.3, 0.4) is 0 Å². The number of halogens is 3. The minimum atomic E-state index is -0.810. The van der Waals surface area contributed by atoms with Gasteiger partial charge in [-0.15, -0.1) is 24.0 Å². The molecule has 0 atom stereocenters. The number of amides is 1. The molecule has 6 nitrogen and oxygen atoms in total. The summed E-state index contributed by atoms with van der Waals surface area (Å²) in [7, 11) is 0. The van der Waals surface area contributed by atoms with Crippen LogP contribution in [0.5, 0.6) is 0 Å². The summed E-state index contributed by atoms with van der Waals surface area (Å²) in [5.74, 6) is -0.843. The fourth-order valence-corrected chi connectivity index (χ4v) is 3.20. The second-order valence-corrected chi connectivity index (χ2v) is 7.65. The van der Waals surface area contributed by atoms with Gasteiger partial charge in [-0.1, -0.05) is 19.9 Å². The minimum Gasteiger partial charge on any atom is -0.357 e. The Morgan fingerprint density at radius 3 is 2.50 bits per heavy atom. The summed E-state index contributed by atoms with van der Waals surface area (Å²) >= 11 is 0. The molecule has 1 aliphatic heterocycles. The summed E-state index contributed by atoms with van der Waals surface area (Å²) in [5.41, 5.74) is 0.786. The molecule has 1 aliphatic rings. The first-order valence-corrected chi connectivity index (χ1v) is 10.4. The third-order valence-corrected chi connectivity index (χ3v) is 4.87. The lowest BCUT2D eigenvalue weighted by Crippen LogP contribution is -2.48. The molecule has 0 spiro atoms. The molecular weight excluding hydrogens is 503 g/mol. The van der Waals surface area contributed by atoms with Crippen molar-refractivity contribution in [2.75, 3.05) is 32.7 Å². The van der Waals surface area contributed by atoms with Crippen LogP contribution >= 0.6 is 24.0 Å². The Morgan fingerprint density at radius 1 is 1.20 bits per heavy atom. The fourth-order valence-electron chi connectivity index (χ4n) is 3.20. The second kappa shape index (κ2) is 13.7. The summed E-state index contributed by atoms with van der Waals surface area (Å²) in [6.07, 6.45) is 1.89. The van der Waals surface area contributed by atoms with E-state index < -0.39 is 11.6 Å². The second-order valence-electron chi connectivity index (χ2n) is 7.65. The standard InChI is InChI=1S/C21H33F2N5O.HI/c1-4-24-21(26-10-9-25-20(29)15(2)3)27-17-7-11-28(12-8-17)14-16-5-6-18(22)19(23)13-16;/h5-6,13,15,17H,4,7-12,14H2,1-3H3,(H,25,29)(H2,24,26,27);1H. The van der Waals surface area contributed by atoms with Crippen molar-refractivity contribution in [2.24, 2.45) is 10.9 Å². The van der Waals surface area contributed by atoms with E-state index in [0.29, 0.717) is 25.7 Å². The normalized spacial score (nSPS) is 15.6. The zero-order valence-electron chi connectivity index (χ0n) is 18.0. The van der Waals surface area contributed by atoms with Gasteiger partial charge in [0.1, 0.15) is 0 Å². The largest absolute Gasteiger partial charge is 0.357 e. The number of likely N-dealkylation sites (tertiary alicyclic amines) is 1. The van der Waals surface area contributed by atoms with Crippen molar-refractivity contribution in [3.8, 4) is 0 Å². The molecule has 1 fully saturated rings. The maximum Gasteiger partial charge on any atom is 0.222 e. The monoisotopic (exact) mass is 537 g/mol. The van der Waals surface area contributed by atoms with E-state index in [1.54, 1.807) is 6.07 Å². The van der Waals surface area contributed by atoms with Crippen molar-refractivity contribution in [3.63, 3.8) is 0 Å². The molecule has 3 N–H and O–H groups in total. The number of nitrogens with zero attached hydrogens (tertiary/aromatic N) is 2. The fraction of sp³-hybridized carbons (Fsp3) is 0.619. The van der Waals surface area contributed by atoms with E-state index in [0.717, 1.165) is 44.0 Å². The molecule has 0 aliphatic carbocycles. The van der Waals surface area contributed by atoms with Crippen molar-refractivity contribution < 1.29 is 13.6 Å². The molecule has 9 heteroatoms. The Balaban J connectivity index is 0.00000450. The number of nitrogens with one attached hydrogen (secondary N) is 3. The van der Waals surface area contributed by atoms with Crippen molar-refractivity contribution in [1.82, 2.24) is 20.9 Å². The lowest BCUT2D eigenvalue weighted by atomic mass is 10.0. The van der Waals surface area contributed by atoms with Gasteiger partial charge in [0.05, 0.1) is 6.54 Å². The highest BCUT2D eigenvalue weighted by atomic mass is 127. The third-order valence-electron chi connectivity index (χ3n) is 4.87. The number of carbonyl (C=O) groups is 1. The topological polar surface area (TPSA) is 68.8 Å². The smallest absolute Gasteiger partial charge is 0.222 e. The average Bonchev–Trinajstić information content (AvgIpc) is 2.69. The molecule has 1 heterocycles. The number of rotatable bonds is 8. The van der Waals surface area contributed by atoms with Crippen LogP contribution in [0.15, 0.2) is 23.2 Å². The van der Waals surface area contributed by atoms with Crippen LogP contribution in [-0.2, 0) is 11.3 Å². The van der Waals surface area contributed by atoms with Gasteiger partial charge in [-0.25, -0.2) is 8.78 Å². The van der Waals surface area contributed by atoms with Crippen LogP contribution < -0.4 is 16.0 Å². The van der Waals surface area contributed by atoms with Gasteiger partial charge < -0.3 is 16.0 Å². The molecular formula is C21H34F2IN5O.